The van der Waals surface area contributed by atoms with Gasteiger partial charge >= 0.3 is 5.97 Å². The largest absolute Gasteiger partial charge is 0.493 e. The SMILES string of the molecule is CC1CCC1COc1ccc(C(=O)O)cc1. The molecule has 0 spiro atoms. The molecule has 2 atom stereocenters. The number of rotatable bonds is 4. The van der Waals surface area contributed by atoms with Crippen LogP contribution in [0.25, 0.3) is 0 Å². The lowest BCUT2D eigenvalue weighted by Crippen LogP contribution is -2.28. The van der Waals surface area contributed by atoms with Gasteiger partial charge in [0.25, 0.3) is 0 Å². The summed E-state index contributed by atoms with van der Waals surface area (Å²) < 4.78 is 5.62. The Bertz CT molecular complexity index is 369. The Morgan fingerprint density at radius 3 is 2.50 bits per heavy atom. The third-order valence-electron chi connectivity index (χ3n) is 3.36. The monoisotopic (exact) mass is 220 g/mol. The van der Waals surface area contributed by atoms with Crippen LogP contribution in [-0.4, -0.2) is 17.7 Å². The molecule has 0 heterocycles. The maximum atomic E-state index is 10.6. The molecule has 0 aromatic heterocycles. The lowest BCUT2D eigenvalue weighted by atomic mass is 9.75. The van der Waals surface area contributed by atoms with Crippen LogP contribution in [0.15, 0.2) is 24.3 Å². The van der Waals surface area contributed by atoms with Crippen LogP contribution < -0.4 is 4.74 Å². The van der Waals surface area contributed by atoms with Crippen molar-refractivity contribution in [2.24, 2.45) is 11.8 Å². The molecule has 2 unspecified atom stereocenters. The molecule has 1 aromatic rings. The highest BCUT2D eigenvalue weighted by Gasteiger charge is 2.26. The van der Waals surface area contributed by atoms with Gasteiger partial charge in [-0.3, -0.25) is 0 Å². The van der Waals surface area contributed by atoms with Crippen LogP contribution in [-0.2, 0) is 0 Å². The van der Waals surface area contributed by atoms with Crippen LogP contribution in [0.2, 0.25) is 0 Å². The van der Waals surface area contributed by atoms with E-state index in [2.05, 4.69) is 6.92 Å². The zero-order valence-corrected chi connectivity index (χ0v) is 9.35. The Morgan fingerprint density at radius 1 is 1.38 bits per heavy atom. The van der Waals surface area contributed by atoms with Gasteiger partial charge in [0, 0.05) is 0 Å². The van der Waals surface area contributed by atoms with Crippen molar-refractivity contribution in [2.45, 2.75) is 19.8 Å². The molecule has 16 heavy (non-hydrogen) atoms. The summed E-state index contributed by atoms with van der Waals surface area (Å²) in [6.45, 7) is 2.98. The van der Waals surface area contributed by atoms with E-state index < -0.39 is 5.97 Å². The number of hydrogen-bond acceptors (Lipinski definition) is 2. The molecular weight excluding hydrogens is 204 g/mol. The smallest absolute Gasteiger partial charge is 0.335 e. The van der Waals surface area contributed by atoms with Crippen molar-refractivity contribution < 1.29 is 14.6 Å². The summed E-state index contributed by atoms with van der Waals surface area (Å²) in [5.41, 5.74) is 0.296. The standard InChI is InChI=1S/C13H16O3/c1-9-2-3-11(9)8-16-12-6-4-10(5-7-12)13(14)15/h4-7,9,11H,2-3,8H2,1H3,(H,14,15). The predicted octanol–water partition coefficient (Wildman–Crippen LogP) is 2.81. The summed E-state index contributed by atoms with van der Waals surface area (Å²) in [7, 11) is 0. The third-order valence-corrected chi connectivity index (χ3v) is 3.36. The number of benzene rings is 1. The number of hydrogen-bond donors (Lipinski definition) is 1. The second kappa shape index (κ2) is 4.56. The summed E-state index contributed by atoms with van der Waals surface area (Å²) in [5, 5.41) is 8.73. The zero-order valence-electron chi connectivity index (χ0n) is 9.35. The molecule has 1 saturated carbocycles. The van der Waals surface area contributed by atoms with Crippen LogP contribution >= 0.6 is 0 Å². The van der Waals surface area contributed by atoms with Gasteiger partial charge in [0.1, 0.15) is 5.75 Å². The van der Waals surface area contributed by atoms with E-state index in [0.717, 1.165) is 18.3 Å². The van der Waals surface area contributed by atoms with Crippen LogP contribution in [0.5, 0.6) is 5.75 Å². The molecule has 0 saturated heterocycles. The van der Waals surface area contributed by atoms with Crippen molar-refractivity contribution in [2.75, 3.05) is 6.61 Å². The summed E-state index contributed by atoms with van der Waals surface area (Å²) in [6.07, 6.45) is 2.54. The van der Waals surface area contributed by atoms with Crippen molar-refractivity contribution in [1.29, 1.82) is 0 Å². The Hall–Kier alpha value is -1.51. The molecule has 1 aromatic carbocycles. The van der Waals surface area contributed by atoms with Crippen molar-refractivity contribution in [3.8, 4) is 5.75 Å². The van der Waals surface area contributed by atoms with Crippen LogP contribution in [0.1, 0.15) is 30.1 Å². The van der Waals surface area contributed by atoms with Crippen molar-refractivity contribution in [3.05, 3.63) is 29.8 Å². The van der Waals surface area contributed by atoms with E-state index in [4.69, 9.17) is 9.84 Å². The highest BCUT2D eigenvalue weighted by atomic mass is 16.5. The first-order chi connectivity index (χ1) is 7.66. The van der Waals surface area contributed by atoms with Gasteiger partial charge in [-0.15, -0.1) is 0 Å². The second-order valence-electron chi connectivity index (χ2n) is 4.46. The summed E-state index contributed by atoms with van der Waals surface area (Å²) in [6, 6.07) is 6.57. The Morgan fingerprint density at radius 2 is 2.06 bits per heavy atom. The van der Waals surface area contributed by atoms with Gasteiger partial charge in [-0.25, -0.2) is 4.79 Å². The summed E-state index contributed by atoms with van der Waals surface area (Å²) >= 11 is 0. The molecule has 1 aliphatic rings. The molecule has 3 heteroatoms. The van der Waals surface area contributed by atoms with E-state index in [1.165, 1.54) is 12.8 Å². The van der Waals surface area contributed by atoms with Gasteiger partial charge in [0.15, 0.2) is 0 Å². The maximum absolute atomic E-state index is 10.6. The molecule has 1 N–H and O–H groups in total. The van der Waals surface area contributed by atoms with Crippen molar-refractivity contribution >= 4 is 5.97 Å². The lowest BCUT2D eigenvalue weighted by Gasteiger charge is -2.33. The minimum atomic E-state index is -0.904. The first-order valence-corrected chi connectivity index (χ1v) is 5.63. The average molecular weight is 220 g/mol. The summed E-state index contributed by atoms with van der Waals surface area (Å²) in [4.78, 5) is 10.6. The van der Waals surface area contributed by atoms with Gasteiger partial charge in [-0.1, -0.05) is 6.92 Å². The van der Waals surface area contributed by atoms with Gasteiger partial charge in [0.05, 0.1) is 12.2 Å². The minimum absolute atomic E-state index is 0.296. The lowest BCUT2D eigenvalue weighted by molar-refractivity contribution is 0.0697. The zero-order chi connectivity index (χ0) is 11.5. The molecule has 2 rings (SSSR count). The highest BCUT2D eigenvalue weighted by molar-refractivity contribution is 5.87. The van der Waals surface area contributed by atoms with Gasteiger partial charge < -0.3 is 9.84 Å². The first kappa shape index (κ1) is 11.0. The number of aromatic carboxylic acids is 1. The number of carboxylic acid groups (broad SMARTS) is 1. The molecule has 3 nitrogen and oxygen atoms in total. The Balaban J connectivity index is 1.87. The van der Waals surface area contributed by atoms with E-state index in [-0.39, 0.29) is 0 Å². The average Bonchev–Trinajstić information content (AvgIpc) is 2.28. The molecule has 0 radical (unpaired) electrons. The highest BCUT2D eigenvalue weighted by Crippen LogP contribution is 2.33. The van der Waals surface area contributed by atoms with E-state index in [0.29, 0.717) is 11.5 Å². The van der Waals surface area contributed by atoms with Crippen LogP contribution in [0.4, 0.5) is 0 Å². The van der Waals surface area contributed by atoms with Crippen molar-refractivity contribution in [1.82, 2.24) is 0 Å². The predicted molar refractivity (Wildman–Crippen MR) is 60.8 cm³/mol. The van der Waals surface area contributed by atoms with E-state index >= 15 is 0 Å². The normalized spacial score (nSPS) is 23.6. The van der Waals surface area contributed by atoms with Crippen molar-refractivity contribution in [3.63, 3.8) is 0 Å². The fourth-order valence-electron chi connectivity index (χ4n) is 1.88. The van der Waals surface area contributed by atoms with E-state index in [1.54, 1.807) is 24.3 Å². The molecule has 0 bridgehead atoms. The molecule has 1 fully saturated rings. The van der Waals surface area contributed by atoms with Gasteiger partial charge in [-0.2, -0.15) is 0 Å². The minimum Gasteiger partial charge on any atom is -0.493 e. The van der Waals surface area contributed by atoms with Gasteiger partial charge in [0.2, 0.25) is 0 Å². The maximum Gasteiger partial charge on any atom is 0.335 e. The molecule has 86 valence electrons. The fourth-order valence-corrected chi connectivity index (χ4v) is 1.88. The topological polar surface area (TPSA) is 46.5 Å². The quantitative estimate of drug-likeness (QED) is 0.848. The summed E-state index contributed by atoms with van der Waals surface area (Å²) in [5.74, 6) is 1.28. The molecule has 0 amide bonds. The number of ether oxygens (including phenoxy) is 1. The first-order valence-electron chi connectivity index (χ1n) is 5.63. The van der Waals surface area contributed by atoms with Gasteiger partial charge in [-0.05, 0) is 48.9 Å². The number of carboxylic acids is 1. The van der Waals surface area contributed by atoms with Crippen LogP contribution in [0, 0.1) is 11.8 Å². The van der Waals surface area contributed by atoms with E-state index in [1.807, 2.05) is 0 Å². The second-order valence-corrected chi connectivity index (χ2v) is 4.46. The molecule has 1 aliphatic carbocycles. The molecular formula is C13H16O3. The molecule has 0 aliphatic heterocycles. The Kier molecular flexibility index (Phi) is 3.13. The number of carbonyl (C=O) groups is 1. The van der Waals surface area contributed by atoms with Crippen LogP contribution in [0.3, 0.4) is 0 Å². The fraction of sp³-hybridized carbons (Fsp3) is 0.462. The third kappa shape index (κ3) is 2.35. The Labute approximate surface area is 95.0 Å². The van der Waals surface area contributed by atoms with E-state index in [9.17, 15) is 4.79 Å².